The average Bonchev–Trinajstić information content (AvgIpc) is 2.73. The zero-order valence-corrected chi connectivity index (χ0v) is 15.3. The van der Waals surface area contributed by atoms with E-state index in [2.05, 4.69) is 4.98 Å². The lowest BCUT2D eigenvalue weighted by Crippen LogP contribution is -2.26. The molecule has 0 atom stereocenters. The number of hydrogen-bond donors (Lipinski definition) is 0. The first-order chi connectivity index (χ1) is 13.6. The molecule has 0 bridgehead atoms. The van der Waals surface area contributed by atoms with E-state index < -0.39 is 5.97 Å². The van der Waals surface area contributed by atoms with Gasteiger partial charge in [0.2, 0.25) is 0 Å². The van der Waals surface area contributed by atoms with Gasteiger partial charge in [0.05, 0.1) is 36.8 Å². The number of carbonyl (C=O) groups excluding carboxylic acids is 1. The molecule has 1 aromatic heterocycles. The van der Waals surface area contributed by atoms with E-state index >= 15 is 0 Å². The number of methoxy groups -OCH3 is 2. The van der Waals surface area contributed by atoms with Gasteiger partial charge < -0.3 is 14.2 Å². The standard InChI is InChI=1S/C20H17N3O5/c1-26-16-8-7-13(11-17(16)27-2)20(25)28-12-18-22-15-6-4-3-5-14(15)19(24)23(18)10-9-21/h3-8,11H,10,12H2,1-2H3. The molecule has 0 N–H and O–H groups in total. The smallest absolute Gasteiger partial charge is 0.338 e. The summed E-state index contributed by atoms with van der Waals surface area (Å²) in [7, 11) is 2.96. The predicted octanol–water partition coefficient (Wildman–Crippen LogP) is 2.29. The number of benzene rings is 2. The van der Waals surface area contributed by atoms with Gasteiger partial charge in [-0.25, -0.2) is 9.78 Å². The SMILES string of the molecule is COc1ccc(C(=O)OCc2nc3ccccc3c(=O)n2CC#N)cc1OC. The van der Waals surface area contributed by atoms with Gasteiger partial charge >= 0.3 is 5.97 Å². The highest BCUT2D eigenvalue weighted by Gasteiger charge is 2.15. The maximum atomic E-state index is 12.6. The lowest BCUT2D eigenvalue weighted by Gasteiger charge is -2.12. The van der Waals surface area contributed by atoms with Crippen LogP contribution >= 0.6 is 0 Å². The molecule has 0 spiro atoms. The van der Waals surface area contributed by atoms with Gasteiger partial charge in [-0.15, -0.1) is 0 Å². The van der Waals surface area contributed by atoms with Crippen molar-refractivity contribution in [3.05, 3.63) is 64.2 Å². The van der Waals surface area contributed by atoms with Gasteiger partial charge in [-0.05, 0) is 30.3 Å². The number of esters is 1. The number of aromatic nitrogens is 2. The van der Waals surface area contributed by atoms with E-state index in [-0.39, 0.29) is 30.1 Å². The van der Waals surface area contributed by atoms with Crippen LogP contribution in [0.1, 0.15) is 16.2 Å². The van der Waals surface area contributed by atoms with Crippen molar-refractivity contribution in [3.8, 4) is 17.6 Å². The van der Waals surface area contributed by atoms with Gasteiger partial charge in [-0.1, -0.05) is 12.1 Å². The Balaban J connectivity index is 1.89. The minimum Gasteiger partial charge on any atom is -0.493 e. The summed E-state index contributed by atoms with van der Waals surface area (Å²) in [5.74, 6) is 0.450. The third-order valence-corrected chi connectivity index (χ3v) is 4.12. The summed E-state index contributed by atoms with van der Waals surface area (Å²) in [5, 5.41) is 9.43. The van der Waals surface area contributed by atoms with Crippen molar-refractivity contribution in [3.63, 3.8) is 0 Å². The van der Waals surface area contributed by atoms with Crippen LogP contribution in [0.4, 0.5) is 0 Å². The summed E-state index contributed by atoms with van der Waals surface area (Å²) in [6.07, 6.45) is 0. The van der Waals surface area contributed by atoms with Crippen LogP contribution in [0.3, 0.4) is 0 Å². The molecular weight excluding hydrogens is 362 g/mol. The second-order valence-electron chi connectivity index (χ2n) is 5.74. The molecule has 142 valence electrons. The first-order valence-corrected chi connectivity index (χ1v) is 8.33. The number of nitriles is 1. The highest BCUT2D eigenvalue weighted by molar-refractivity contribution is 5.90. The van der Waals surface area contributed by atoms with Crippen molar-refractivity contribution in [2.24, 2.45) is 0 Å². The monoisotopic (exact) mass is 379 g/mol. The maximum Gasteiger partial charge on any atom is 0.338 e. The number of carbonyl (C=O) groups is 1. The quantitative estimate of drug-likeness (QED) is 0.605. The molecule has 28 heavy (non-hydrogen) atoms. The first-order valence-electron chi connectivity index (χ1n) is 8.33. The third kappa shape index (κ3) is 3.64. The van der Waals surface area contributed by atoms with Crippen molar-refractivity contribution in [2.45, 2.75) is 13.2 Å². The molecule has 2 aromatic carbocycles. The first kappa shape index (κ1) is 18.9. The predicted molar refractivity (Wildman–Crippen MR) is 100 cm³/mol. The van der Waals surface area contributed by atoms with E-state index in [1.807, 2.05) is 6.07 Å². The Kier molecular flexibility index (Phi) is 5.56. The molecule has 0 aliphatic carbocycles. The Bertz CT molecular complexity index is 1130. The molecule has 0 aliphatic heterocycles. The number of para-hydroxylation sites is 1. The van der Waals surface area contributed by atoms with Crippen molar-refractivity contribution in [1.82, 2.24) is 9.55 Å². The Hall–Kier alpha value is -3.86. The lowest BCUT2D eigenvalue weighted by molar-refractivity contribution is 0.0457. The molecule has 0 unspecified atom stereocenters. The minimum absolute atomic E-state index is 0.194. The van der Waals surface area contributed by atoms with Crippen molar-refractivity contribution in [2.75, 3.05) is 14.2 Å². The lowest BCUT2D eigenvalue weighted by atomic mass is 10.2. The van der Waals surface area contributed by atoms with Crippen LogP contribution in [0.25, 0.3) is 10.9 Å². The molecule has 0 saturated heterocycles. The van der Waals surface area contributed by atoms with Crippen molar-refractivity contribution < 1.29 is 19.0 Å². The van der Waals surface area contributed by atoms with E-state index in [4.69, 9.17) is 19.5 Å². The van der Waals surface area contributed by atoms with Crippen LogP contribution in [0.5, 0.6) is 11.5 Å². The molecule has 3 rings (SSSR count). The zero-order valence-electron chi connectivity index (χ0n) is 15.3. The van der Waals surface area contributed by atoms with Gasteiger partial charge in [0, 0.05) is 0 Å². The summed E-state index contributed by atoms with van der Waals surface area (Å²) in [5.41, 5.74) is 0.371. The van der Waals surface area contributed by atoms with Crippen molar-refractivity contribution >= 4 is 16.9 Å². The van der Waals surface area contributed by atoms with E-state index in [9.17, 15) is 9.59 Å². The normalized spacial score (nSPS) is 10.3. The summed E-state index contributed by atoms with van der Waals surface area (Å²) in [6.45, 7) is -0.450. The number of hydrogen-bond acceptors (Lipinski definition) is 7. The number of rotatable bonds is 6. The second-order valence-corrected chi connectivity index (χ2v) is 5.74. The Morgan fingerprint density at radius 1 is 1.14 bits per heavy atom. The molecule has 8 nitrogen and oxygen atoms in total. The van der Waals surface area contributed by atoms with E-state index in [1.54, 1.807) is 36.4 Å². The number of nitrogens with zero attached hydrogens (tertiary/aromatic N) is 3. The fourth-order valence-electron chi connectivity index (χ4n) is 2.73. The van der Waals surface area contributed by atoms with Gasteiger partial charge in [-0.3, -0.25) is 9.36 Å². The Morgan fingerprint density at radius 3 is 2.61 bits per heavy atom. The molecular formula is C20H17N3O5. The topological polar surface area (TPSA) is 103 Å². The summed E-state index contributed by atoms with van der Waals surface area (Å²) in [6, 6.07) is 13.4. The van der Waals surface area contributed by atoms with Crippen LogP contribution in [-0.2, 0) is 17.9 Å². The molecule has 0 aliphatic rings. The largest absolute Gasteiger partial charge is 0.493 e. The third-order valence-electron chi connectivity index (χ3n) is 4.12. The van der Waals surface area contributed by atoms with Gasteiger partial charge in [0.1, 0.15) is 13.2 Å². The van der Waals surface area contributed by atoms with E-state index in [1.165, 1.54) is 24.9 Å². The van der Waals surface area contributed by atoms with Gasteiger partial charge in [0.15, 0.2) is 17.3 Å². The molecule has 8 heteroatoms. The molecule has 0 saturated carbocycles. The Morgan fingerprint density at radius 2 is 1.89 bits per heavy atom. The molecule has 3 aromatic rings. The number of ether oxygens (including phenoxy) is 3. The van der Waals surface area contributed by atoms with E-state index in [0.29, 0.717) is 22.4 Å². The Labute approximate surface area is 160 Å². The maximum absolute atomic E-state index is 12.6. The van der Waals surface area contributed by atoms with Crippen LogP contribution in [-0.4, -0.2) is 29.7 Å². The van der Waals surface area contributed by atoms with Crippen LogP contribution in [0, 0.1) is 11.3 Å². The number of fused-ring (bicyclic) bond motifs is 1. The highest BCUT2D eigenvalue weighted by Crippen LogP contribution is 2.27. The van der Waals surface area contributed by atoms with Gasteiger partial charge in [0.25, 0.3) is 5.56 Å². The zero-order chi connectivity index (χ0) is 20.1. The van der Waals surface area contributed by atoms with Crippen LogP contribution in [0.2, 0.25) is 0 Å². The molecule has 1 heterocycles. The summed E-state index contributed by atoms with van der Waals surface area (Å²) < 4.78 is 16.8. The van der Waals surface area contributed by atoms with Crippen molar-refractivity contribution in [1.29, 1.82) is 5.26 Å². The fourth-order valence-corrected chi connectivity index (χ4v) is 2.73. The van der Waals surface area contributed by atoms with Crippen LogP contribution in [0.15, 0.2) is 47.3 Å². The fraction of sp³-hybridized carbons (Fsp3) is 0.200. The van der Waals surface area contributed by atoms with E-state index in [0.717, 1.165) is 0 Å². The second kappa shape index (κ2) is 8.22. The molecule has 0 fully saturated rings. The van der Waals surface area contributed by atoms with Gasteiger partial charge in [-0.2, -0.15) is 5.26 Å². The molecule has 0 radical (unpaired) electrons. The summed E-state index contributed by atoms with van der Waals surface area (Å²) >= 11 is 0. The average molecular weight is 379 g/mol. The minimum atomic E-state index is -0.619. The summed E-state index contributed by atoms with van der Waals surface area (Å²) in [4.78, 5) is 29.4. The molecule has 0 amide bonds. The van der Waals surface area contributed by atoms with Crippen LogP contribution < -0.4 is 15.0 Å². The highest BCUT2D eigenvalue weighted by atomic mass is 16.5.